The molecule has 0 aliphatic heterocycles. The van der Waals surface area contributed by atoms with Crippen LogP contribution in [0.3, 0.4) is 0 Å². The summed E-state index contributed by atoms with van der Waals surface area (Å²) in [7, 11) is 1.32. The molecule has 0 saturated heterocycles. The largest absolute Gasteiger partial charge is 0.493 e. The van der Waals surface area contributed by atoms with E-state index in [-0.39, 0.29) is 11.5 Å². The molecule has 1 rings (SSSR count). The van der Waals surface area contributed by atoms with Crippen molar-refractivity contribution in [1.29, 1.82) is 0 Å². The Kier molecular flexibility index (Phi) is 10.2. The van der Waals surface area contributed by atoms with Gasteiger partial charge in [0.05, 0.1) is 13.7 Å². The van der Waals surface area contributed by atoms with E-state index < -0.39 is 11.6 Å². The maximum absolute atomic E-state index is 13.3. The van der Waals surface area contributed by atoms with Crippen molar-refractivity contribution in [2.75, 3.05) is 25.6 Å². The quantitative estimate of drug-likeness (QED) is 0.490. The van der Waals surface area contributed by atoms with Gasteiger partial charge in [0.15, 0.2) is 0 Å². The van der Waals surface area contributed by atoms with Crippen LogP contribution in [0, 0.1) is 11.8 Å². The molecule has 1 aromatic rings. The number of carbonyl (C=O) groups is 2. The molecule has 0 unspecified atom stereocenters. The van der Waals surface area contributed by atoms with Crippen LogP contribution in [0.25, 0.3) is 0 Å². The van der Waals surface area contributed by atoms with E-state index in [1.165, 1.54) is 7.11 Å². The van der Waals surface area contributed by atoms with Crippen molar-refractivity contribution in [1.82, 2.24) is 0 Å². The first-order valence-corrected chi connectivity index (χ1v) is 10.5. The summed E-state index contributed by atoms with van der Waals surface area (Å²) in [5.41, 5.74) is -0.121. The summed E-state index contributed by atoms with van der Waals surface area (Å²) in [5.74, 6) is 0.326. The second kappa shape index (κ2) is 11.8. The molecule has 1 N–H and O–H groups in total. The Balaban J connectivity index is 3.22. The van der Waals surface area contributed by atoms with Gasteiger partial charge in [-0.25, -0.2) is 4.79 Å². The number of rotatable bonds is 12. The number of esters is 1. The number of hydrogen-bond acceptors (Lipinski definition) is 5. The third-order valence-electron chi connectivity index (χ3n) is 4.41. The molecule has 6 heteroatoms. The molecule has 0 atom stereocenters. The standard InChI is InChI=1S/C23H37NO5/c1-8-12-28-20-11-10-18(13-19(20)21(25)27-7)24-22(26)23(29-9-2,14-16(3)4)15-17(5)6/h10-11,13,16-17H,8-9,12,14-15H2,1-7H3,(H,24,26). The Morgan fingerprint density at radius 1 is 1.07 bits per heavy atom. The summed E-state index contributed by atoms with van der Waals surface area (Å²) >= 11 is 0. The zero-order valence-corrected chi connectivity index (χ0v) is 19.0. The van der Waals surface area contributed by atoms with Crippen LogP contribution >= 0.6 is 0 Å². The zero-order chi connectivity index (χ0) is 22.0. The van der Waals surface area contributed by atoms with Crippen molar-refractivity contribution in [2.24, 2.45) is 11.8 Å². The predicted molar refractivity (Wildman–Crippen MR) is 115 cm³/mol. The van der Waals surface area contributed by atoms with E-state index in [4.69, 9.17) is 14.2 Å². The predicted octanol–water partition coefficient (Wildman–Crippen LogP) is 5.07. The highest BCUT2D eigenvalue weighted by Crippen LogP contribution is 2.32. The van der Waals surface area contributed by atoms with Gasteiger partial charge in [0.2, 0.25) is 0 Å². The summed E-state index contributed by atoms with van der Waals surface area (Å²) < 4.78 is 16.5. The van der Waals surface area contributed by atoms with Gasteiger partial charge in [-0.1, -0.05) is 34.6 Å². The number of amides is 1. The van der Waals surface area contributed by atoms with Crippen LogP contribution in [-0.4, -0.2) is 37.8 Å². The van der Waals surface area contributed by atoms with Crippen LogP contribution in [0.15, 0.2) is 18.2 Å². The monoisotopic (exact) mass is 407 g/mol. The van der Waals surface area contributed by atoms with Gasteiger partial charge in [-0.05, 0) is 56.2 Å². The fourth-order valence-electron chi connectivity index (χ4n) is 3.51. The lowest BCUT2D eigenvalue weighted by Gasteiger charge is -2.35. The Labute approximate surface area is 175 Å². The second-order valence-corrected chi connectivity index (χ2v) is 8.13. The van der Waals surface area contributed by atoms with Crippen LogP contribution in [-0.2, 0) is 14.3 Å². The van der Waals surface area contributed by atoms with Gasteiger partial charge in [0, 0.05) is 12.3 Å². The van der Waals surface area contributed by atoms with Crippen molar-refractivity contribution in [3.63, 3.8) is 0 Å². The van der Waals surface area contributed by atoms with Crippen molar-refractivity contribution < 1.29 is 23.8 Å². The molecule has 0 aliphatic carbocycles. The van der Waals surface area contributed by atoms with E-state index in [1.54, 1.807) is 18.2 Å². The molecule has 0 aliphatic rings. The molecule has 1 amide bonds. The number of ether oxygens (including phenoxy) is 3. The van der Waals surface area contributed by atoms with Gasteiger partial charge in [0.25, 0.3) is 5.91 Å². The average Bonchev–Trinajstić information content (AvgIpc) is 2.65. The van der Waals surface area contributed by atoms with Crippen LogP contribution in [0.4, 0.5) is 5.69 Å². The molecule has 164 valence electrons. The minimum Gasteiger partial charge on any atom is -0.493 e. The summed E-state index contributed by atoms with van der Waals surface area (Å²) in [5, 5.41) is 2.95. The van der Waals surface area contributed by atoms with E-state index in [0.717, 1.165) is 6.42 Å². The molecule has 29 heavy (non-hydrogen) atoms. The Morgan fingerprint density at radius 3 is 2.17 bits per heavy atom. The molecule has 0 radical (unpaired) electrons. The van der Waals surface area contributed by atoms with Crippen molar-refractivity contribution >= 4 is 17.6 Å². The first-order valence-electron chi connectivity index (χ1n) is 10.5. The van der Waals surface area contributed by atoms with E-state index in [1.807, 2.05) is 13.8 Å². The van der Waals surface area contributed by atoms with E-state index in [2.05, 4.69) is 33.0 Å². The van der Waals surface area contributed by atoms with Crippen molar-refractivity contribution in [2.45, 2.75) is 66.4 Å². The van der Waals surface area contributed by atoms with Crippen molar-refractivity contribution in [3.05, 3.63) is 23.8 Å². The van der Waals surface area contributed by atoms with Crippen LogP contribution in [0.5, 0.6) is 5.75 Å². The lowest BCUT2D eigenvalue weighted by molar-refractivity contribution is -0.146. The number of benzene rings is 1. The highest BCUT2D eigenvalue weighted by Gasteiger charge is 2.40. The molecule has 0 aromatic heterocycles. The summed E-state index contributed by atoms with van der Waals surface area (Å²) in [6.45, 7) is 13.2. The summed E-state index contributed by atoms with van der Waals surface area (Å²) in [4.78, 5) is 25.5. The molecule has 0 fully saturated rings. The molecule has 0 spiro atoms. The fraction of sp³-hybridized carbons (Fsp3) is 0.652. The lowest BCUT2D eigenvalue weighted by Crippen LogP contribution is -2.47. The van der Waals surface area contributed by atoms with Crippen LogP contribution in [0.2, 0.25) is 0 Å². The van der Waals surface area contributed by atoms with Crippen LogP contribution in [0.1, 0.15) is 71.2 Å². The first kappa shape index (κ1) is 25.0. The van der Waals surface area contributed by atoms with E-state index >= 15 is 0 Å². The fourth-order valence-corrected chi connectivity index (χ4v) is 3.51. The van der Waals surface area contributed by atoms with Gasteiger partial charge < -0.3 is 19.5 Å². The third-order valence-corrected chi connectivity index (χ3v) is 4.41. The second-order valence-electron chi connectivity index (χ2n) is 8.13. The number of carbonyl (C=O) groups excluding carboxylic acids is 2. The minimum atomic E-state index is -0.917. The van der Waals surface area contributed by atoms with Gasteiger partial charge >= 0.3 is 5.97 Å². The minimum absolute atomic E-state index is 0.195. The van der Waals surface area contributed by atoms with E-state index in [9.17, 15) is 9.59 Å². The van der Waals surface area contributed by atoms with Gasteiger partial charge in [-0.3, -0.25) is 4.79 Å². The molecule has 1 aromatic carbocycles. The number of anilines is 1. The molecule has 0 heterocycles. The molecular formula is C23H37NO5. The lowest BCUT2D eigenvalue weighted by atomic mass is 9.83. The highest BCUT2D eigenvalue weighted by molar-refractivity contribution is 5.99. The SMILES string of the molecule is CCCOc1ccc(NC(=O)C(CC(C)C)(CC(C)C)OCC)cc1C(=O)OC. The highest BCUT2D eigenvalue weighted by atomic mass is 16.5. The maximum atomic E-state index is 13.3. The number of hydrogen-bond donors (Lipinski definition) is 1. The first-order chi connectivity index (χ1) is 13.7. The maximum Gasteiger partial charge on any atom is 0.341 e. The summed E-state index contributed by atoms with van der Waals surface area (Å²) in [6, 6.07) is 5.01. The normalized spacial score (nSPS) is 11.6. The topological polar surface area (TPSA) is 73.9 Å². The van der Waals surface area contributed by atoms with Gasteiger partial charge in [-0.15, -0.1) is 0 Å². The summed E-state index contributed by atoms with van der Waals surface area (Å²) in [6.07, 6.45) is 2.05. The Hall–Kier alpha value is -2.08. The number of nitrogens with one attached hydrogen (secondary N) is 1. The molecule has 0 saturated carbocycles. The van der Waals surface area contributed by atoms with E-state index in [0.29, 0.717) is 49.3 Å². The Morgan fingerprint density at radius 2 is 1.69 bits per heavy atom. The third kappa shape index (κ3) is 7.35. The average molecular weight is 408 g/mol. The van der Waals surface area contributed by atoms with Gasteiger partial charge in [-0.2, -0.15) is 0 Å². The molecule has 6 nitrogen and oxygen atoms in total. The smallest absolute Gasteiger partial charge is 0.341 e. The molecule has 0 bridgehead atoms. The van der Waals surface area contributed by atoms with Gasteiger partial charge in [0.1, 0.15) is 16.9 Å². The zero-order valence-electron chi connectivity index (χ0n) is 19.0. The van der Waals surface area contributed by atoms with Crippen LogP contribution < -0.4 is 10.1 Å². The number of methoxy groups -OCH3 is 1. The molecular weight excluding hydrogens is 370 g/mol. The van der Waals surface area contributed by atoms with Crippen molar-refractivity contribution in [3.8, 4) is 5.75 Å². The Bertz CT molecular complexity index is 659.